The number of likely N-dealkylation sites (N-methyl/N-ethyl adjacent to an activating group) is 1. The van der Waals surface area contributed by atoms with Crippen LogP contribution in [0.5, 0.6) is 5.75 Å². The summed E-state index contributed by atoms with van der Waals surface area (Å²) < 4.78 is 32.9. The number of carbonyl (C=O) groups excluding carboxylic acids is 2. The highest BCUT2D eigenvalue weighted by molar-refractivity contribution is 7.89. The normalized spacial score (nSPS) is 16.9. The maximum atomic E-state index is 12.9. The minimum Gasteiger partial charge on any atom is -0.484 e. The van der Waals surface area contributed by atoms with Crippen LogP contribution in [-0.2, 0) is 14.8 Å². The summed E-state index contributed by atoms with van der Waals surface area (Å²) in [4.78, 5) is 24.3. The number of hydrogen-bond acceptors (Lipinski definition) is 5. The molecule has 1 saturated heterocycles. The van der Waals surface area contributed by atoms with Crippen molar-refractivity contribution in [1.82, 2.24) is 9.62 Å². The van der Waals surface area contributed by atoms with Crippen LogP contribution in [0.4, 0.5) is 5.69 Å². The Bertz CT molecular complexity index is 1050. The smallest absolute Gasteiger partial charge is 0.257 e. The molecule has 3 rings (SSSR count). The van der Waals surface area contributed by atoms with Crippen LogP contribution in [0.2, 0.25) is 0 Å². The maximum Gasteiger partial charge on any atom is 0.257 e. The van der Waals surface area contributed by atoms with Crippen molar-refractivity contribution >= 4 is 27.5 Å². The molecule has 2 aromatic rings. The lowest BCUT2D eigenvalue weighted by Crippen LogP contribution is -2.41. The Morgan fingerprint density at radius 2 is 1.88 bits per heavy atom. The summed E-state index contributed by atoms with van der Waals surface area (Å²) in [6.07, 6.45) is 2.74. The lowest BCUT2D eigenvalue weighted by molar-refractivity contribution is -0.122. The summed E-state index contributed by atoms with van der Waals surface area (Å²) in [5.41, 5.74) is 0.839. The number of hydrogen-bond donors (Lipinski definition) is 2. The van der Waals surface area contributed by atoms with E-state index in [-0.39, 0.29) is 29.4 Å². The third kappa shape index (κ3) is 5.86. The summed E-state index contributed by atoms with van der Waals surface area (Å²) in [6, 6.07) is 12.6. The third-order valence-corrected chi connectivity index (χ3v) is 7.33. The van der Waals surface area contributed by atoms with Gasteiger partial charge >= 0.3 is 0 Å². The first-order valence-corrected chi connectivity index (χ1v) is 12.2. The van der Waals surface area contributed by atoms with Crippen molar-refractivity contribution in [1.29, 1.82) is 0 Å². The van der Waals surface area contributed by atoms with Gasteiger partial charge in [0.15, 0.2) is 6.61 Å². The standard InChI is InChI=1S/C23H29N3O5S/c1-3-24-22(27)16-31-20-9-6-8-19(15-20)25-23(28)18-10-12-21(13-11-18)32(29,30)26-14-5-4-7-17(26)2/h6,8-13,15,17H,3-5,7,14,16H2,1-2H3,(H,24,27)(H,25,28). The number of anilines is 1. The fraction of sp³-hybridized carbons (Fsp3) is 0.391. The Kier molecular flexibility index (Phi) is 7.87. The lowest BCUT2D eigenvalue weighted by Gasteiger charge is -2.32. The predicted octanol–water partition coefficient (Wildman–Crippen LogP) is 3.02. The molecule has 1 aliphatic rings. The summed E-state index contributed by atoms with van der Waals surface area (Å²) in [7, 11) is -3.58. The van der Waals surface area contributed by atoms with E-state index in [1.807, 2.05) is 13.8 Å². The van der Waals surface area contributed by atoms with Crippen molar-refractivity contribution in [2.45, 2.75) is 44.0 Å². The van der Waals surface area contributed by atoms with E-state index in [1.165, 1.54) is 28.6 Å². The third-order valence-electron chi connectivity index (χ3n) is 5.30. The number of rotatable bonds is 8. The van der Waals surface area contributed by atoms with Gasteiger partial charge in [0, 0.05) is 36.4 Å². The first-order valence-electron chi connectivity index (χ1n) is 10.7. The first-order chi connectivity index (χ1) is 15.3. The molecular weight excluding hydrogens is 430 g/mol. The minimum absolute atomic E-state index is 0.0285. The van der Waals surface area contributed by atoms with E-state index in [9.17, 15) is 18.0 Å². The second-order valence-corrected chi connectivity index (χ2v) is 9.60. The molecule has 32 heavy (non-hydrogen) atoms. The zero-order chi connectivity index (χ0) is 23.1. The van der Waals surface area contributed by atoms with E-state index in [0.717, 1.165) is 19.3 Å². The Labute approximate surface area is 189 Å². The van der Waals surface area contributed by atoms with Crippen molar-refractivity contribution in [3.05, 3.63) is 54.1 Å². The second kappa shape index (κ2) is 10.6. The van der Waals surface area contributed by atoms with Gasteiger partial charge in [0.05, 0.1) is 4.90 Å². The Morgan fingerprint density at radius 3 is 2.56 bits per heavy atom. The number of nitrogens with zero attached hydrogens (tertiary/aromatic N) is 1. The zero-order valence-electron chi connectivity index (χ0n) is 18.3. The molecule has 0 bridgehead atoms. The van der Waals surface area contributed by atoms with Gasteiger partial charge in [-0.1, -0.05) is 12.5 Å². The van der Waals surface area contributed by atoms with Gasteiger partial charge in [0.1, 0.15) is 5.75 Å². The van der Waals surface area contributed by atoms with Crippen LogP contribution in [0.1, 0.15) is 43.5 Å². The van der Waals surface area contributed by atoms with Gasteiger partial charge in [0.25, 0.3) is 11.8 Å². The number of sulfonamides is 1. The van der Waals surface area contributed by atoms with Gasteiger partial charge in [-0.25, -0.2) is 8.42 Å². The molecular formula is C23H29N3O5S. The molecule has 2 aromatic carbocycles. The Morgan fingerprint density at radius 1 is 1.12 bits per heavy atom. The van der Waals surface area contributed by atoms with Crippen molar-refractivity contribution in [2.24, 2.45) is 0 Å². The van der Waals surface area contributed by atoms with Crippen molar-refractivity contribution in [3.8, 4) is 5.75 Å². The molecule has 172 valence electrons. The second-order valence-electron chi connectivity index (χ2n) is 7.71. The maximum absolute atomic E-state index is 12.9. The molecule has 1 fully saturated rings. The Hall–Kier alpha value is -2.91. The largest absolute Gasteiger partial charge is 0.484 e. The molecule has 0 aromatic heterocycles. The van der Waals surface area contributed by atoms with Crippen LogP contribution in [0.3, 0.4) is 0 Å². The highest BCUT2D eigenvalue weighted by atomic mass is 32.2. The molecule has 2 amide bonds. The lowest BCUT2D eigenvalue weighted by atomic mass is 10.1. The molecule has 1 unspecified atom stereocenters. The van der Waals surface area contributed by atoms with E-state index in [1.54, 1.807) is 24.3 Å². The van der Waals surface area contributed by atoms with E-state index in [2.05, 4.69) is 10.6 Å². The zero-order valence-corrected chi connectivity index (χ0v) is 19.2. The molecule has 1 atom stereocenters. The van der Waals surface area contributed by atoms with Crippen LogP contribution < -0.4 is 15.4 Å². The highest BCUT2D eigenvalue weighted by Crippen LogP contribution is 2.25. The van der Waals surface area contributed by atoms with Crippen molar-refractivity contribution < 1.29 is 22.7 Å². The van der Waals surface area contributed by atoms with Crippen molar-refractivity contribution in [2.75, 3.05) is 25.0 Å². The van der Waals surface area contributed by atoms with Gasteiger partial charge in [-0.3, -0.25) is 9.59 Å². The van der Waals surface area contributed by atoms with Crippen LogP contribution in [0, 0.1) is 0 Å². The van der Waals surface area contributed by atoms with E-state index >= 15 is 0 Å². The number of piperidine rings is 1. The quantitative estimate of drug-likeness (QED) is 0.631. The molecule has 0 saturated carbocycles. The van der Waals surface area contributed by atoms with Gasteiger partial charge in [-0.2, -0.15) is 4.31 Å². The number of nitrogens with one attached hydrogen (secondary N) is 2. The van der Waals surface area contributed by atoms with Gasteiger partial charge in [0.2, 0.25) is 10.0 Å². The molecule has 1 heterocycles. The number of amides is 2. The van der Waals surface area contributed by atoms with E-state index in [4.69, 9.17) is 4.74 Å². The summed E-state index contributed by atoms with van der Waals surface area (Å²) in [5.74, 6) is -0.150. The first kappa shape index (κ1) is 23.7. The van der Waals surface area contributed by atoms with Crippen molar-refractivity contribution in [3.63, 3.8) is 0 Å². The molecule has 2 N–H and O–H groups in total. The molecule has 9 heteroatoms. The van der Waals surface area contributed by atoms with E-state index in [0.29, 0.717) is 30.1 Å². The average Bonchev–Trinajstić information content (AvgIpc) is 2.78. The molecule has 8 nitrogen and oxygen atoms in total. The van der Waals surface area contributed by atoms with Crippen LogP contribution in [0.15, 0.2) is 53.4 Å². The van der Waals surface area contributed by atoms with Gasteiger partial charge in [-0.05, 0) is 63.1 Å². The number of carbonyl (C=O) groups is 2. The average molecular weight is 460 g/mol. The van der Waals surface area contributed by atoms with Gasteiger partial charge in [-0.15, -0.1) is 0 Å². The molecule has 1 aliphatic heterocycles. The van der Waals surface area contributed by atoms with E-state index < -0.39 is 10.0 Å². The predicted molar refractivity (Wildman–Crippen MR) is 122 cm³/mol. The number of benzene rings is 2. The molecule has 0 radical (unpaired) electrons. The topological polar surface area (TPSA) is 105 Å². The molecule has 0 aliphatic carbocycles. The Balaban J connectivity index is 1.65. The van der Waals surface area contributed by atoms with Crippen LogP contribution >= 0.6 is 0 Å². The van der Waals surface area contributed by atoms with Gasteiger partial charge < -0.3 is 15.4 Å². The monoisotopic (exact) mass is 459 g/mol. The number of ether oxygens (including phenoxy) is 1. The molecule has 0 spiro atoms. The summed E-state index contributed by atoms with van der Waals surface area (Å²) in [6.45, 7) is 4.67. The fourth-order valence-corrected chi connectivity index (χ4v) is 5.31. The summed E-state index contributed by atoms with van der Waals surface area (Å²) in [5, 5.41) is 5.40. The van der Waals surface area contributed by atoms with Crippen LogP contribution in [0.25, 0.3) is 0 Å². The SMILES string of the molecule is CCNC(=O)COc1cccc(NC(=O)c2ccc(S(=O)(=O)N3CCCCC3C)cc2)c1. The fourth-order valence-electron chi connectivity index (χ4n) is 3.61. The van der Waals surface area contributed by atoms with Crippen LogP contribution in [-0.4, -0.2) is 50.3 Å². The highest BCUT2D eigenvalue weighted by Gasteiger charge is 2.30. The minimum atomic E-state index is -3.58. The summed E-state index contributed by atoms with van der Waals surface area (Å²) >= 11 is 0.